The first-order chi connectivity index (χ1) is 11.3. The first kappa shape index (κ1) is 18.5. The lowest BCUT2D eigenvalue weighted by Gasteiger charge is -2.29. The van der Waals surface area contributed by atoms with Crippen LogP contribution in [-0.2, 0) is 5.41 Å². The lowest BCUT2D eigenvalue weighted by atomic mass is 9.79. The molecule has 2 nitrogen and oxygen atoms in total. The Labute approximate surface area is 151 Å². The van der Waals surface area contributed by atoms with Gasteiger partial charge in [0.15, 0.2) is 5.11 Å². The maximum Gasteiger partial charge on any atom is 0.170 e. The summed E-state index contributed by atoms with van der Waals surface area (Å²) in [5.41, 5.74) is 5.04. The second-order valence-corrected chi connectivity index (χ2v) is 7.66. The molecule has 1 atom stereocenters. The highest BCUT2D eigenvalue weighted by Crippen LogP contribution is 2.28. The third-order valence-electron chi connectivity index (χ3n) is 4.51. The van der Waals surface area contributed by atoms with Crippen LogP contribution in [0.1, 0.15) is 43.9 Å². The van der Waals surface area contributed by atoms with E-state index in [1.165, 1.54) is 16.7 Å². The van der Waals surface area contributed by atoms with Gasteiger partial charge >= 0.3 is 0 Å². The summed E-state index contributed by atoms with van der Waals surface area (Å²) in [6.07, 6.45) is 1.01. The van der Waals surface area contributed by atoms with Gasteiger partial charge in [-0.05, 0) is 73.6 Å². The van der Waals surface area contributed by atoms with Crippen molar-refractivity contribution in [1.29, 1.82) is 0 Å². The third kappa shape index (κ3) is 5.07. The number of rotatable bonds is 5. The first-order valence-corrected chi connectivity index (χ1v) is 8.89. The fraction of sp³-hybridized carbons (Fsp3) is 0.381. The fourth-order valence-electron chi connectivity index (χ4n) is 3.03. The van der Waals surface area contributed by atoms with Gasteiger partial charge in [-0.3, -0.25) is 0 Å². The van der Waals surface area contributed by atoms with Gasteiger partial charge in [-0.2, -0.15) is 0 Å². The molecular formula is C21H28N2S. The summed E-state index contributed by atoms with van der Waals surface area (Å²) in [5.74, 6) is 0. The average molecular weight is 341 g/mol. The minimum atomic E-state index is 0.101. The molecule has 0 unspecified atom stereocenters. The number of hydrogen-bond acceptors (Lipinski definition) is 1. The lowest BCUT2D eigenvalue weighted by Crippen LogP contribution is -2.39. The molecule has 0 radical (unpaired) electrons. The second kappa shape index (κ2) is 7.80. The van der Waals surface area contributed by atoms with Crippen molar-refractivity contribution >= 4 is 23.0 Å². The Morgan fingerprint density at radius 1 is 1.04 bits per heavy atom. The molecule has 0 aliphatic rings. The van der Waals surface area contributed by atoms with Gasteiger partial charge in [-0.15, -0.1) is 0 Å². The monoisotopic (exact) mass is 340 g/mol. The quantitative estimate of drug-likeness (QED) is 0.718. The topological polar surface area (TPSA) is 24.1 Å². The van der Waals surface area contributed by atoms with Gasteiger partial charge < -0.3 is 10.6 Å². The van der Waals surface area contributed by atoms with E-state index >= 15 is 0 Å². The van der Waals surface area contributed by atoms with Crippen LogP contribution < -0.4 is 10.6 Å². The highest BCUT2D eigenvalue weighted by molar-refractivity contribution is 7.80. The molecular weight excluding hydrogens is 312 g/mol. The van der Waals surface area contributed by atoms with E-state index in [-0.39, 0.29) is 11.5 Å². The van der Waals surface area contributed by atoms with Crippen molar-refractivity contribution in [3.8, 4) is 0 Å². The van der Waals surface area contributed by atoms with E-state index in [0.717, 1.165) is 12.1 Å². The zero-order valence-electron chi connectivity index (χ0n) is 15.3. The summed E-state index contributed by atoms with van der Waals surface area (Å²) >= 11 is 5.47. The lowest BCUT2D eigenvalue weighted by molar-refractivity contribution is 0.420. The zero-order valence-corrected chi connectivity index (χ0v) is 16.1. The minimum Gasteiger partial charge on any atom is -0.360 e. The van der Waals surface area contributed by atoms with Crippen LogP contribution >= 0.6 is 12.2 Å². The van der Waals surface area contributed by atoms with Crippen molar-refractivity contribution in [2.24, 2.45) is 0 Å². The molecule has 0 bridgehead atoms. The highest BCUT2D eigenvalue weighted by atomic mass is 32.1. The van der Waals surface area contributed by atoms with Crippen molar-refractivity contribution in [3.63, 3.8) is 0 Å². The van der Waals surface area contributed by atoms with Gasteiger partial charge in [-0.25, -0.2) is 0 Å². The van der Waals surface area contributed by atoms with Crippen LogP contribution in [0.25, 0.3) is 0 Å². The number of benzene rings is 2. The van der Waals surface area contributed by atoms with Crippen molar-refractivity contribution in [3.05, 3.63) is 65.2 Å². The molecule has 2 N–H and O–H groups in total. The highest BCUT2D eigenvalue weighted by Gasteiger charge is 2.23. The van der Waals surface area contributed by atoms with Gasteiger partial charge in [0.2, 0.25) is 0 Å². The number of anilines is 1. The van der Waals surface area contributed by atoms with Crippen LogP contribution in [0.3, 0.4) is 0 Å². The molecule has 128 valence electrons. The average Bonchev–Trinajstić information content (AvgIpc) is 2.51. The molecule has 2 aromatic rings. The first-order valence-electron chi connectivity index (χ1n) is 8.48. The molecule has 0 amide bonds. The number of nitrogens with one attached hydrogen (secondary N) is 2. The van der Waals surface area contributed by atoms with E-state index in [0.29, 0.717) is 5.11 Å². The normalized spacial score (nSPS) is 12.5. The minimum absolute atomic E-state index is 0.101. The Bertz CT molecular complexity index is 692. The zero-order chi connectivity index (χ0) is 17.7. The molecule has 2 aromatic carbocycles. The molecule has 0 saturated carbocycles. The van der Waals surface area contributed by atoms with Crippen molar-refractivity contribution in [2.75, 3.05) is 5.32 Å². The Morgan fingerprint density at radius 3 is 2.33 bits per heavy atom. The maximum absolute atomic E-state index is 5.47. The number of hydrogen-bond donors (Lipinski definition) is 2. The summed E-state index contributed by atoms with van der Waals surface area (Å²) < 4.78 is 0. The smallest absolute Gasteiger partial charge is 0.170 e. The van der Waals surface area contributed by atoms with Crippen molar-refractivity contribution < 1.29 is 0 Å². The van der Waals surface area contributed by atoms with E-state index in [1.54, 1.807) is 0 Å². The Hall–Kier alpha value is -1.87. The summed E-state index contributed by atoms with van der Waals surface area (Å²) in [6.45, 7) is 11.0. The molecule has 24 heavy (non-hydrogen) atoms. The van der Waals surface area contributed by atoms with Gasteiger partial charge in [0.05, 0.1) is 0 Å². The SMILES string of the molecule is Cc1ccc(NC(=S)N[C@H](C)CC(C)(C)c2ccccc2)cc1C. The van der Waals surface area contributed by atoms with E-state index in [2.05, 4.69) is 93.8 Å². The van der Waals surface area contributed by atoms with Crippen LogP contribution in [0.4, 0.5) is 5.69 Å². The molecule has 0 aliphatic heterocycles. The predicted octanol–water partition coefficient (Wildman–Crippen LogP) is 5.35. The summed E-state index contributed by atoms with van der Waals surface area (Å²) in [6, 6.07) is 17.2. The van der Waals surface area contributed by atoms with Crippen LogP contribution in [0.5, 0.6) is 0 Å². The van der Waals surface area contributed by atoms with Crippen LogP contribution in [0, 0.1) is 13.8 Å². The third-order valence-corrected chi connectivity index (χ3v) is 4.73. The molecule has 0 saturated heterocycles. The Kier molecular flexibility index (Phi) is 6.00. The van der Waals surface area contributed by atoms with E-state index in [1.807, 2.05) is 0 Å². The van der Waals surface area contributed by atoms with Crippen LogP contribution in [0.2, 0.25) is 0 Å². The van der Waals surface area contributed by atoms with Gasteiger partial charge in [0, 0.05) is 11.7 Å². The largest absolute Gasteiger partial charge is 0.360 e. The number of aryl methyl sites for hydroxylation is 2. The van der Waals surface area contributed by atoms with E-state index in [4.69, 9.17) is 12.2 Å². The van der Waals surface area contributed by atoms with Crippen molar-refractivity contribution in [1.82, 2.24) is 5.32 Å². The van der Waals surface area contributed by atoms with Gasteiger partial charge in [-0.1, -0.05) is 50.2 Å². The molecule has 0 heterocycles. The molecule has 2 rings (SSSR count). The summed E-state index contributed by atoms with van der Waals surface area (Å²) in [5, 5.41) is 7.37. The van der Waals surface area contributed by atoms with Gasteiger partial charge in [0.25, 0.3) is 0 Å². The summed E-state index contributed by atoms with van der Waals surface area (Å²) in [7, 11) is 0. The standard InChI is InChI=1S/C21H28N2S/c1-15-11-12-19(13-16(15)2)23-20(24)22-17(3)14-21(4,5)18-9-7-6-8-10-18/h6-13,17H,14H2,1-5H3,(H2,22,23,24)/t17-/m1/s1. The molecule has 0 aromatic heterocycles. The Morgan fingerprint density at radius 2 is 1.71 bits per heavy atom. The second-order valence-electron chi connectivity index (χ2n) is 7.25. The molecule has 0 aliphatic carbocycles. The van der Waals surface area contributed by atoms with E-state index < -0.39 is 0 Å². The van der Waals surface area contributed by atoms with Crippen molar-refractivity contribution in [2.45, 2.75) is 52.5 Å². The maximum atomic E-state index is 5.47. The molecule has 0 spiro atoms. The molecule has 0 fully saturated rings. The molecule has 3 heteroatoms. The predicted molar refractivity (Wildman–Crippen MR) is 109 cm³/mol. The van der Waals surface area contributed by atoms with E-state index in [9.17, 15) is 0 Å². The van der Waals surface area contributed by atoms with Crippen LogP contribution in [0.15, 0.2) is 48.5 Å². The Balaban J connectivity index is 1.92. The number of thiocarbonyl (C=S) groups is 1. The summed E-state index contributed by atoms with van der Waals surface area (Å²) in [4.78, 5) is 0. The van der Waals surface area contributed by atoms with Crippen LogP contribution in [-0.4, -0.2) is 11.2 Å². The van der Waals surface area contributed by atoms with Gasteiger partial charge in [0.1, 0.15) is 0 Å². The fourth-order valence-corrected chi connectivity index (χ4v) is 3.35.